The third-order valence-electron chi connectivity index (χ3n) is 2.64. The molecule has 21 heavy (non-hydrogen) atoms. The van der Waals surface area contributed by atoms with Crippen LogP contribution in [0, 0.1) is 0 Å². The molecule has 0 saturated heterocycles. The van der Waals surface area contributed by atoms with Gasteiger partial charge in [0.05, 0.1) is 17.0 Å². The molecule has 0 aromatic heterocycles. The van der Waals surface area contributed by atoms with E-state index in [1.165, 1.54) is 19.2 Å². The Morgan fingerprint density at radius 1 is 1.33 bits per heavy atom. The summed E-state index contributed by atoms with van der Waals surface area (Å²) in [6.07, 6.45) is -0.0759. The number of nitrogens with one attached hydrogen (secondary N) is 2. The first kappa shape index (κ1) is 14.9. The molecule has 112 valence electrons. The van der Waals surface area contributed by atoms with Gasteiger partial charge in [-0.25, -0.2) is 4.79 Å². The third kappa shape index (κ3) is 3.35. The van der Waals surface area contributed by atoms with Gasteiger partial charge in [0.2, 0.25) is 0 Å². The molecular weight excluding hydrogens is 300 g/mol. The fraction of sp³-hybridized carbons (Fsp3) is 0.182. The number of carbonyl (C=O) groups excluding carboxylic acids is 2. The van der Waals surface area contributed by atoms with Crippen molar-refractivity contribution < 1.29 is 22.6 Å². The number of benzene rings is 1. The summed E-state index contributed by atoms with van der Waals surface area (Å²) in [4.78, 5) is 22.7. The second-order valence-corrected chi connectivity index (χ2v) is 5.52. The highest BCUT2D eigenvalue weighted by Gasteiger charge is 2.26. The van der Waals surface area contributed by atoms with Crippen LogP contribution in [0.2, 0.25) is 0 Å². The molecule has 0 spiro atoms. The summed E-state index contributed by atoms with van der Waals surface area (Å²) in [6, 6.07) is 4.46. The fourth-order valence-electron chi connectivity index (χ4n) is 1.65. The van der Waals surface area contributed by atoms with Crippen LogP contribution in [0.5, 0.6) is 0 Å². The number of rotatable bonds is 2. The SMILES string of the molecule is CNC(=O)NC1=NN(c2ccc(S(=O)(=O)O)cc2)C(=O)C1. The number of hydrazone groups is 1. The third-order valence-corrected chi connectivity index (χ3v) is 3.51. The minimum Gasteiger partial charge on any atom is -0.341 e. The van der Waals surface area contributed by atoms with E-state index in [9.17, 15) is 18.0 Å². The molecule has 10 heteroatoms. The Labute approximate surface area is 120 Å². The van der Waals surface area contributed by atoms with Crippen LogP contribution in [-0.2, 0) is 14.9 Å². The van der Waals surface area contributed by atoms with Crippen molar-refractivity contribution in [2.24, 2.45) is 5.10 Å². The lowest BCUT2D eigenvalue weighted by atomic mass is 10.3. The van der Waals surface area contributed by atoms with E-state index >= 15 is 0 Å². The van der Waals surface area contributed by atoms with Gasteiger partial charge in [0, 0.05) is 7.05 Å². The average molecular weight is 312 g/mol. The van der Waals surface area contributed by atoms with Gasteiger partial charge < -0.3 is 5.32 Å². The van der Waals surface area contributed by atoms with Gasteiger partial charge >= 0.3 is 6.03 Å². The zero-order valence-electron chi connectivity index (χ0n) is 10.9. The summed E-state index contributed by atoms with van der Waals surface area (Å²) in [5, 5.41) is 9.70. The Morgan fingerprint density at radius 2 is 1.95 bits per heavy atom. The molecule has 0 aliphatic carbocycles. The highest BCUT2D eigenvalue weighted by Crippen LogP contribution is 2.21. The Balaban J connectivity index is 2.22. The van der Waals surface area contributed by atoms with E-state index in [2.05, 4.69) is 15.7 Å². The first-order chi connectivity index (χ1) is 9.81. The summed E-state index contributed by atoms with van der Waals surface area (Å²) in [7, 11) is -2.86. The van der Waals surface area contributed by atoms with Crippen LogP contribution in [0.4, 0.5) is 10.5 Å². The predicted molar refractivity (Wildman–Crippen MR) is 73.4 cm³/mol. The van der Waals surface area contributed by atoms with Crippen molar-refractivity contribution >= 4 is 33.6 Å². The molecule has 0 bridgehead atoms. The van der Waals surface area contributed by atoms with Crippen LogP contribution in [0.1, 0.15) is 6.42 Å². The van der Waals surface area contributed by atoms with E-state index in [1.54, 1.807) is 0 Å². The van der Waals surface area contributed by atoms with E-state index < -0.39 is 16.1 Å². The standard InChI is InChI=1S/C11H12N4O5S/c1-12-11(17)13-9-6-10(16)15(14-9)7-2-4-8(5-3-7)21(18,19)20/h2-5H,6H2,1H3,(H,18,19,20)(H2,12,13,14,17). The van der Waals surface area contributed by atoms with Crippen molar-refractivity contribution in [1.82, 2.24) is 10.6 Å². The zero-order chi connectivity index (χ0) is 15.6. The topological polar surface area (TPSA) is 128 Å². The Hall–Kier alpha value is -2.46. The maximum Gasteiger partial charge on any atom is 0.319 e. The largest absolute Gasteiger partial charge is 0.341 e. The van der Waals surface area contributed by atoms with Crippen LogP contribution in [0.15, 0.2) is 34.3 Å². The number of carbonyl (C=O) groups is 2. The van der Waals surface area contributed by atoms with Gasteiger partial charge in [0.15, 0.2) is 0 Å². The quantitative estimate of drug-likeness (QED) is 0.658. The summed E-state index contributed by atoms with van der Waals surface area (Å²) in [5.74, 6) is -0.195. The number of hydrogen-bond donors (Lipinski definition) is 3. The molecule has 1 aliphatic heterocycles. The van der Waals surface area contributed by atoms with Crippen molar-refractivity contribution in [2.45, 2.75) is 11.3 Å². The monoisotopic (exact) mass is 312 g/mol. The van der Waals surface area contributed by atoms with Crippen molar-refractivity contribution in [3.8, 4) is 0 Å². The molecule has 0 radical (unpaired) electrons. The van der Waals surface area contributed by atoms with Gasteiger partial charge in [-0.15, -0.1) is 0 Å². The van der Waals surface area contributed by atoms with Crippen molar-refractivity contribution in [3.63, 3.8) is 0 Å². The maximum absolute atomic E-state index is 11.8. The van der Waals surface area contributed by atoms with Gasteiger partial charge in [0.1, 0.15) is 5.84 Å². The maximum atomic E-state index is 11.8. The number of hydrogen-bond acceptors (Lipinski definition) is 5. The number of nitrogens with zero attached hydrogens (tertiary/aromatic N) is 2. The predicted octanol–water partition coefficient (Wildman–Crippen LogP) is -0.0875. The molecule has 0 saturated carbocycles. The van der Waals surface area contributed by atoms with E-state index in [-0.39, 0.29) is 23.1 Å². The number of urea groups is 1. The molecule has 1 aliphatic rings. The molecule has 1 aromatic rings. The molecular formula is C11H12N4O5S. The highest BCUT2D eigenvalue weighted by atomic mass is 32.2. The normalized spacial score (nSPS) is 14.9. The van der Waals surface area contributed by atoms with Crippen molar-refractivity contribution in [1.29, 1.82) is 0 Å². The summed E-state index contributed by atoms with van der Waals surface area (Å²) in [6.45, 7) is 0. The van der Waals surface area contributed by atoms with Gasteiger partial charge in [0.25, 0.3) is 16.0 Å². The van der Waals surface area contributed by atoms with Gasteiger partial charge in [-0.2, -0.15) is 18.5 Å². The Morgan fingerprint density at radius 3 is 2.48 bits per heavy atom. The second kappa shape index (κ2) is 5.50. The molecule has 3 N–H and O–H groups in total. The molecule has 2 rings (SSSR count). The van der Waals surface area contributed by atoms with Gasteiger partial charge in [-0.05, 0) is 24.3 Å². The van der Waals surface area contributed by atoms with Crippen LogP contribution in [0.25, 0.3) is 0 Å². The van der Waals surface area contributed by atoms with Crippen LogP contribution < -0.4 is 15.6 Å². The summed E-state index contributed by atoms with van der Waals surface area (Å²) >= 11 is 0. The molecule has 0 fully saturated rings. The summed E-state index contributed by atoms with van der Waals surface area (Å²) < 4.78 is 30.7. The zero-order valence-corrected chi connectivity index (χ0v) is 11.7. The number of amidine groups is 1. The van der Waals surface area contributed by atoms with E-state index in [0.29, 0.717) is 5.69 Å². The van der Waals surface area contributed by atoms with Gasteiger partial charge in [-0.1, -0.05) is 0 Å². The first-order valence-corrected chi connectivity index (χ1v) is 7.22. The highest BCUT2D eigenvalue weighted by molar-refractivity contribution is 7.85. The molecule has 0 atom stereocenters. The first-order valence-electron chi connectivity index (χ1n) is 5.78. The lowest BCUT2D eigenvalue weighted by Gasteiger charge is -2.11. The molecule has 1 aromatic carbocycles. The average Bonchev–Trinajstić information content (AvgIpc) is 2.78. The second-order valence-electron chi connectivity index (χ2n) is 4.10. The minimum absolute atomic E-state index is 0.0759. The van der Waals surface area contributed by atoms with Crippen LogP contribution in [0.3, 0.4) is 0 Å². The van der Waals surface area contributed by atoms with E-state index in [1.807, 2.05) is 0 Å². The Bertz CT molecular complexity index is 711. The van der Waals surface area contributed by atoms with E-state index in [4.69, 9.17) is 4.55 Å². The van der Waals surface area contributed by atoms with E-state index in [0.717, 1.165) is 17.1 Å². The fourth-order valence-corrected chi connectivity index (χ4v) is 2.13. The van der Waals surface area contributed by atoms with Crippen LogP contribution >= 0.6 is 0 Å². The smallest absolute Gasteiger partial charge is 0.319 e. The van der Waals surface area contributed by atoms with Gasteiger partial charge in [-0.3, -0.25) is 14.7 Å². The molecule has 3 amide bonds. The molecule has 1 heterocycles. The lowest BCUT2D eigenvalue weighted by Crippen LogP contribution is -2.36. The Kier molecular flexibility index (Phi) is 3.91. The van der Waals surface area contributed by atoms with Crippen molar-refractivity contribution in [3.05, 3.63) is 24.3 Å². The minimum atomic E-state index is -4.29. The van der Waals surface area contributed by atoms with Crippen LogP contribution in [-0.4, -0.2) is 37.8 Å². The summed E-state index contributed by atoms with van der Waals surface area (Å²) in [5.41, 5.74) is 0.320. The lowest BCUT2D eigenvalue weighted by molar-refractivity contribution is -0.116. The number of anilines is 1. The van der Waals surface area contributed by atoms with Crippen molar-refractivity contribution in [2.75, 3.05) is 12.1 Å². The number of amides is 3. The molecule has 0 unspecified atom stereocenters. The molecule has 9 nitrogen and oxygen atoms in total.